The Hall–Kier alpha value is -2.28. The van der Waals surface area contributed by atoms with Gasteiger partial charge in [-0.1, -0.05) is 0 Å². The number of rotatable bonds is 5. The number of aromatic nitrogens is 1. The second-order valence-corrected chi connectivity index (χ2v) is 8.10. The van der Waals surface area contributed by atoms with Crippen LogP contribution in [0.15, 0.2) is 34.1 Å². The first-order valence-electron chi connectivity index (χ1n) is 7.99. The summed E-state index contributed by atoms with van der Waals surface area (Å²) in [6.45, 7) is 8.87. The summed E-state index contributed by atoms with van der Waals surface area (Å²) in [5.74, 6) is 0.576. The molecule has 0 spiro atoms. The molecule has 1 amide bonds. The van der Waals surface area contributed by atoms with Crippen LogP contribution in [0.3, 0.4) is 0 Å². The lowest BCUT2D eigenvalue weighted by molar-refractivity contribution is -0.114. The molecule has 1 heterocycles. The normalized spacial score (nSPS) is 11.6. The lowest BCUT2D eigenvalue weighted by atomic mass is 10.3. The fourth-order valence-corrected chi connectivity index (χ4v) is 4.62. The molecule has 7 heteroatoms. The molecule has 2 aromatic rings. The zero-order valence-electron chi connectivity index (χ0n) is 15.4. The average molecular weight is 364 g/mol. The van der Waals surface area contributed by atoms with E-state index in [9.17, 15) is 13.2 Å². The Morgan fingerprint density at radius 3 is 2.16 bits per heavy atom. The van der Waals surface area contributed by atoms with Gasteiger partial charge in [0, 0.05) is 18.7 Å². The third-order valence-electron chi connectivity index (χ3n) is 4.15. The molecule has 0 saturated carbocycles. The van der Waals surface area contributed by atoms with E-state index in [0.29, 0.717) is 17.1 Å². The first-order valence-corrected chi connectivity index (χ1v) is 9.47. The predicted molar refractivity (Wildman–Crippen MR) is 97.0 cm³/mol. The van der Waals surface area contributed by atoms with Gasteiger partial charge in [0.15, 0.2) is 0 Å². The van der Waals surface area contributed by atoms with Crippen molar-refractivity contribution < 1.29 is 17.9 Å². The Morgan fingerprint density at radius 2 is 1.72 bits per heavy atom. The number of benzene rings is 1. The number of methoxy groups -OCH3 is 1. The van der Waals surface area contributed by atoms with E-state index in [1.54, 1.807) is 19.1 Å². The number of hydrogen-bond acceptors (Lipinski definition) is 4. The molecule has 0 atom stereocenters. The van der Waals surface area contributed by atoms with E-state index in [1.165, 1.54) is 26.2 Å². The Kier molecular flexibility index (Phi) is 5.27. The van der Waals surface area contributed by atoms with Crippen molar-refractivity contribution in [3.05, 3.63) is 35.5 Å². The molecule has 0 radical (unpaired) electrons. The summed E-state index contributed by atoms with van der Waals surface area (Å²) in [6.07, 6.45) is 0. The van der Waals surface area contributed by atoms with Crippen LogP contribution in [0.4, 0.5) is 5.82 Å². The molecule has 0 unspecified atom stereocenters. The van der Waals surface area contributed by atoms with Crippen LogP contribution >= 0.6 is 0 Å². The number of nitrogens with zero attached hydrogens (tertiary/aromatic N) is 1. The minimum Gasteiger partial charge on any atom is -0.497 e. The van der Waals surface area contributed by atoms with E-state index in [4.69, 9.17) is 4.74 Å². The highest BCUT2D eigenvalue weighted by molar-refractivity contribution is 7.91. The van der Waals surface area contributed by atoms with Crippen molar-refractivity contribution in [1.29, 1.82) is 0 Å². The highest BCUT2D eigenvalue weighted by atomic mass is 32.2. The molecule has 1 aromatic heterocycles. The second kappa shape index (κ2) is 6.92. The van der Waals surface area contributed by atoms with E-state index in [-0.39, 0.29) is 21.7 Å². The van der Waals surface area contributed by atoms with Gasteiger partial charge in [0.2, 0.25) is 15.7 Å². The maximum atomic E-state index is 13.2. The number of anilines is 1. The second-order valence-electron chi connectivity index (χ2n) is 6.21. The van der Waals surface area contributed by atoms with Crippen LogP contribution in [0.5, 0.6) is 5.75 Å². The molecule has 2 rings (SSSR count). The van der Waals surface area contributed by atoms with Gasteiger partial charge in [-0.05, 0) is 57.5 Å². The number of ether oxygens (including phenoxy) is 1. The van der Waals surface area contributed by atoms with E-state index in [2.05, 4.69) is 5.32 Å². The van der Waals surface area contributed by atoms with Crippen LogP contribution in [-0.4, -0.2) is 26.0 Å². The van der Waals surface area contributed by atoms with Crippen LogP contribution in [0.25, 0.3) is 0 Å². The van der Waals surface area contributed by atoms with Gasteiger partial charge in [0.1, 0.15) is 16.5 Å². The maximum absolute atomic E-state index is 13.2. The van der Waals surface area contributed by atoms with E-state index in [1.807, 2.05) is 25.3 Å². The Labute approximate surface area is 148 Å². The van der Waals surface area contributed by atoms with Crippen LogP contribution in [0, 0.1) is 13.8 Å². The van der Waals surface area contributed by atoms with Gasteiger partial charge >= 0.3 is 0 Å². The highest BCUT2D eigenvalue weighted by Crippen LogP contribution is 2.37. The molecule has 6 nitrogen and oxygen atoms in total. The quantitative estimate of drug-likeness (QED) is 0.881. The summed E-state index contributed by atoms with van der Waals surface area (Å²) < 4.78 is 33.4. The van der Waals surface area contributed by atoms with E-state index in [0.717, 1.165) is 5.69 Å². The first kappa shape index (κ1) is 19.1. The van der Waals surface area contributed by atoms with Gasteiger partial charge in [-0.25, -0.2) is 8.42 Å². The van der Waals surface area contributed by atoms with Crippen LogP contribution in [-0.2, 0) is 14.6 Å². The third kappa shape index (κ3) is 3.42. The Bertz CT molecular complexity index is 894. The number of sulfone groups is 1. The summed E-state index contributed by atoms with van der Waals surface area (Å²) in [5, 5.41) is 2.70. The van der Waals surface area contributed by atoms with Gasteiger partial charge in [-0.15, -0.1) is 0 Å². The Morgan fingerprint density at radius 1 is 1.16 bits per heavy atom. The summed E-state index contributed by atoms with van der Waals surface area (Å²) >= 11 is 0. The summed E-state index contributed by atoms with van der Waals surface area (Å²) in [4.78, 5) is 12.0. The van der Waals surface area contributed by atoms with E-state index >= 15 is 0 Å². The highest BCUT2D eigenvalue weighted by Gasteiger charge is 2.30. The standard InChI is InChI=1S/C18H24N2O4S/c1-11(2)20-13(4)12(3)17(18(20)19-14(5)21)25(22,23)16-9-7-15(24-6)8-10-16/h7-11H,1-6H3,(H,19,21). The van der Waals surface area contributed by atoms with Crippen LogP contribution in [0.2, 0.25) is 0 Å². The first-order chi connectivity index (χ1) is 11.6. The smallest absolute Gasteiger partial charge is 0.222 e. The van der Waals surface area contributed by atoms with Gasteiger partial charge in [-0.2, -0.15) is 0 Å². The van der Waals surface area contributed by atoms with Crippen molar-refractivity contribution in [2.75, 3.05) is 12.4 Å². The summed E-state index contributed by atoms with van der Waals surface area (Å²) in [5.41, 5.74) is 1.44. The molecule has 25 heavy (non-hydrogen) atoms. The van der Waals surface area contributed by atoms with Crippen molar-refractivity contribution in [2.24, 2.45) is 0 Å². The third-order valence-corrected chi connectivity index (χ3v) is 6.08. The van der Waals surface area contributed by atoms with Crippen molar-refractivity contribution in [3.8, 4) is 5.75 Å². The average Bonchev–Trinajstić information content (AvgIpc) is 2.78. The summed E-state index contributed by atoms with van der Waals surface area (Å²) in [7, 11) is -2.27. The SMILES string of the molecule is COc1ccc(S(=O)(=O)c2c(C)c(C)n(C(C)C)c2NC(C)=O)cc1. The molecule has 1 aromatic carbocycles. The lowest BCUT2D eigenvalue weighted by Gasteiger charge is -2.16. The Balaban J connectivity index is 2.75. The zero-order chi connectivity index (χ0) is 18.9. The number of carbonyl (C=O) groups is 1. The van der Waals surface area contributed by atoms with Crippen molar-refractivity contribution in [3.63, 3.8) is 0 Å². The van der Waals surface area contributed by atoms with Crippen molar-refractivity contribution in [2.45, 2.75) is 50.5 Å². The fourth-order valence-electron chi connectivity index (χ4n) is 2.93. The van der Waals surface area contributed by atoms with Gasteiger partial charge < -0.3 is 14.6 Å². The van der Waals surface area contributed by atoms with Crippen LogP contribution < -0.4 is 10.1 Å². The number of amides is 1. The molecule has 0 saturated heterocycles. The molecule has 0 bridgehead atoms. The summed E-state index contributed by atoms with van der Waals surface area (Å²) in [6, 6.07) is 6.22. The maximum Gasteiger partial charge on any atom is 0.222 e. The largest absolute Gasteiger partial charge is 0.497 e. The van der Waals surface area contributed by atoms with Gasteiger partial charge in [0.05, 0.1) is 12.0 Å². The van der Waals surface area contributed by atoms with Crippen molar-refractivity contribution >= 4 is 21.6 Å². The van der Waals surface area contributed by atoms with Crippen molar-refractivity contribution in [1.82, 2.24) is 4.57 Å². The molecule has 0 fully saturated rings. The lowest BCUT2D eigenvalue weighted by Crippen LogP contribution is -2.16. The molecule has 0 aliphatic heterocycles. The monoisotopic (exact) mass is 364 g/mol. The number of hydrogen-bond donors (Lipinski definition) is 1. The predicted octanol–water partition coefficient (Wildman–Crippen LogP) is 3.49. The molecule has 136 valence electrons. The molecule has 0 aliphatic rings. The minimum absolute atomic E-state index is 0.000340. The topological polar surface area (TPSA) is 77.4 Å². The minimum atomic E-state index is -3.80. The van der Waals surface area contributed by atoms with Gasteiger partial charge in [0.25, 0.3) is 0 Å². The molecular weight excluding hydrogens is 340 g/mol. The number of carbonyl (C=O) groups excluding carboxylic acids is 1. The molecule has 0 aliphatic carbocycles. The zero-order valence-corrected chi connectivity index (χ0v) is 16.2. The number of nitrogens with one attached hydrogen (secondary N) is 1. The van der Waals surface area contributed by atoms with Crippen LogP contribution in [0.1, 0.15) is 38.1 Å². The van der Waals surface area contributed by atoms with Gasteiger partial charge in [-0.3, -0.25) is 4.79 Å². The fraction of sp³-hybridized carbons (Fsp3) is 0.389. The van der Waals surface area contributed by atoms with E-state index < -0.39 is 9.84 Å². The molecule has 1 N–H and O–H groups in total. The molecular formula is C18H24N2O4S.